The predicted molar refractivity (Wildman–Crippen MR) is 64.5 cm³/mol. The van der Waals surface area contributed by atoms with E-state index in [2.05, 4.69) is 5.32 Å². The maximum absolute atomic E-state index is 12.2. The fourth-order valence-electron chi connectivity index (χ4n) is 1.98. The number of carbonyl (C=O) groups excluding carboxylic acids is 1. The second-order valence-electron chi connectivity index (χ2n) is 3.90. The van der Waals surface area contributed by atoms with Crippen molar-refractivity contribution in [3.05, 3.63) is 23.8 Å². The van der Waals surface area contributed by atoms with E-state index in [0.29, 0.717) is 12.1 Å². The van der Waals surface area contributed by atoms with Gasteiger partial charge in [-0.1, -0.05) is 19.1 Å². The standard InChI is InChI=1S/C11H14N2O3S/c1-2-7-4-3-5-8-10(7)13-11(14)9(6-12)17(8,15)16/h3-5,9H,2,6,12H2,1H3,(H,13,14). The minimum absolute atomic E-state index is 0.173. The molecular formula is C11H14N2O3S. The first-order valence-electron chi connectivity index (χ1n) is 5.39. The summed E-state index contributed by atoms with van der Waals surface area (Å²) in [7, 11) is -3.65. The molecule has 0 aromatic heterocycles. The number of anilines is 1. The topological polar surface area (TPSA) is 89.3 Å². The van der Waals surface area contributed by atoms with E-state index >= 15 is 0 Å². The van der Waals surface area contributed by atoms with Crippen LogP contribution in [0.3, 0.4) is 0 Å². The van der Waals surface area contributed by atoms with E-state index in [-0.39, 0.29) is 11.4 Å². The number of nitrogens with one attached hydrogen (secondary N) is 1. The number of amides is 1. The molecule has 1 amide bonds. The first kappa shape index (κ1) is 12.1. The first-order chi connectivity index (χ1) is 8.02. The number of nitrogens with two attached hydrogens (primary N) is 1. The second kappa shape index (κ2) is 4.12. The lowest BCUT2D eigenvalue weighted by Gasteiger charge is -2.25. The number of aryl methyl sites for hydroxylation is 1. The largest absolute Gasteiger partial charge is 0.329 e. The zero-order valence-electron chi connectivity index (χ0n) is 9.43. The van der Waals surface area contributed by atoms with Crippen molar-refractivity contribution < 1.29 is 13.2 Å². The monoisotopic (exact) mass is 254 g/mol. The Balaban J connectivity index is 2.70. The highest BCUT2D eigenvalue weighted by molar-refractivity contribution is 7.93. The molecule has 3 N–H and O–H groups in total. The molecule has 6 heteroatoms. The van der Waals surface area contributed by atoms with Gasteiger partial charge in [0, 0.05) is 6.54 Å². The lowest BCUT2D eigenvalue weighted by Crippen LogP contribution is -2.44. The minimum Gasteiger partial charge on any atom is -0.329 e. The van der Waals surface area contributed by atoms with Gasteiger partial charge in [0.15, 0.2) is 15.1 Å². The maximum Gasteiger partial charge on any atom is 0.244 e. The van der Waals surface area contributed by atoms with Crippen LogP contribution in [0.2, 0.25) is 0 Å². The molecule has 0 radical (unpaired) electrons. The number of carbonyl (C=O) groups is 1. The molecule has 0 spiro atoms. The molecule has 1 unspecified atom stereocenters. The normalized spacial score (nSPS) is 21.8. The van der Waals surface area contributed by atoms with Gasteiger partial charge in [-0.2, -0.15) is 0 Å². The molecule has 0 saturated carbocycles. The summed E-state index contributed by atoms with van der Waals surface area (Å²) in [5, 5.41) is 1.46. The third-order valence-corrected chi connectivity index (χ3v) is 5.04. The molecule has 1 aliphatic heterocycles. The van der Waals surface area contributed by atoms with Gasteiger partial charge >= 0.3 is 0 Å². The van der Waals surface area contributed by atoms with Crippen molar-refractivity contribution in [1.29, 1.82) is 0 Å². The van der Waals surface area contributed by atoms with Gasteiger partial charge in [-0.25, -0.2) is 8.42 Å². The van der Waals surface area contributed by atoms with Crippen molar-refractivity contribution in [3.63, 3.8) is 0 Å². The summed E-state index contributed by atoms with van der Waals surface area (Å²) in [6, 6.07) is 4.99. The summed E-state index contributed by atoms with van der Waals surface area (Å²) >= 11 is 0. The average Bonchev–Trinajstić information content (AvgIpc) is 2.28. The highest BCUT2D eigenvalue weighted by Gasteiger charge is 2.39. The van der Waals surface area contributed by atoms with Gasteiger partial charge < -0.3 is 11.1 Å². The summed E-state index contributed by atoms with van der Waals surface area (Å²) in [6.07, 6.45) is 0.659. The van der Waals surface area contributed by atoms with Crippen molar-refractivity contribution in [2.45, 2.75) is 23.5 Å². The third kappa shape index (κ3) is 1.73. The quantitative estimate of drug-likeness (QED) is 0.794. The van der Waals surface area contributed by atoms with Gasteiger partial charge in [-0.3, -0.25) is 4.79 Å². The molecule has 17 heavy (non-hydrogen) atoms. The van der Waals surface area contributed by atoms with Gasteiger partial charge in [-0.05, 0) is 18.1 Å². The van der Waals surface area contributed by atoms with Crippen molar-refractivity contribution in [2.24, 2.45) is 5.73 Å². The molecular weight excluding hydrogens is 240 g/mol. The summed E-state index contributed by atoms with van der Waals surface area (Å²) in [5.74, 6) is -0.541. The van der Waals surface area contributed by atoms with Crippen LogP contribution in [0, 0.1) is 0 Å². The van der Waals surface area contributed by atoms with Crippen LogP contribution in [0.4, 0.5) is 5.69 Å². The molecule has 1 aromatic rings. The molecule has 1 aliphatic rings. The van der Waals surface area contributed by atoms with E-state index in [9.17, 15) is 13.2 Å². The van der Waals surface area contributed by atoms with Gasteiger partial charge in [0.25, 0.3) is 0 Å². The molecule has 5 nitrogen and oxygen atoms in total. The van der Waals surface area contributed by atoms with Crippen molar-refractivity contribution in [2.75, 3.05) is 11.9 Å². The Hall–Kier alpha value is -1.40. The van der Waals surface area contributed by atoms with Gasteiger partial charge in [0.1, 0.15) is 0 Å². The summed E-state index contributed by atoms with van der Waals surface area (Å²) in [5.41, 5.74) is 6.58. The van der Waals surface area contributed by atoms with Crippen LogP contribution in [0.1, 0.15) is 12.5 Å². The van der Waals surface area contributed by atoms with Crippen LogP contribution in [-0.4, -0.2) is 26.1 Å². The minimum atomic E-state index is -3.65. The van der Waals surface area contributed by atoms with Gasteiger partial charge in [-0.15, -0.1) is 0 Å². The number of rotatable bonds is 2. The number of para-hydroxylation sites is 1. The Kier molecular flexibility index (Phi) is 2.92. The Morgan fingerprint density at radius 1 is 1.41 bits per heavy atom. The Morgan fingerprint density at radius 2 is 2.12 bits per heavy atom. The predicted octanol–water partition coefficient (Wildman–Crippen LogP) is 0.302. The van der Waals surface area contributed by atoms with Crippen LogP contribution in [0.5, 0.6) is 0 Å². The van der Waals surface area contributed by atoms with E-state index in [1.807, 2.05) is 6.92 Å². The van der Waals surface area contributed by atoms with Crippen LogP contribution < -0.4 is 11.1 Å². The lowest BCUT2D eigenvalue weighted by atomic mass is 10.1. The van der Waals surface area contributed by atoms with E-state index in [4.69, 9.17) is 5.73 Å². The third-order valence-electron chi connectivity index (χ3n) is 2.93. The second-order valence-corrected chi connectivity index (χ2v) is 6.00. The highest BCUT2D eigenvalue weighted by atomic mass is 32.2. The van der Waals surface area contributed by atoms with Gasteiger partial charge in [0.2, 0.25) is 5.91 Å². The van der Waals surface area contributed by atoms with E-state index in [1.54, 1.807) is 12.1 Å². The summed E-state index contributed by atoms with van der Waals surface area (Å²) in [6.45, 7) is 1.70. The molecule has 1 heterocycles. The molecule has 2 rings (SSSR count). The Morgan fingerprint density at radius 3 is 2.71 bits per heavy atom. The molecule has 92 valence electrons. The van der Waals surface area contributed by atoms with E-state index in [0.717, 1.165) is 5.56 Å². The number of hydrogen-bond acceptors (Lipinski definition) is 4. The Bertz CT molecular complexity index is 566. The zero-order valence-corrected chi connectivity index (χ0v) is 10.3. The molecule has 0 aliphatic carbocycles. The maximum atomic E-state index is 12.2. The number of sulfone groups is 1. The van der Waals surface area contributed by atoms with Crippen LogP contribution >= 0.6 is 0 Å². The van der Waals surface area contributed by atoms with Crippen molar-refractivity contribution >= 4 is 21.4 Å². The fraction of sp³-hybridized carbons (Fsp3) is 0.364. The smallest absolute Gasteiger partial charge is 0.244 e. The number of benzene rings is 1. The zero-order chi connectivity index (χ0) is 12.6. The van der Waals surface area contributed by atoms with Crippen molar-refractivity contribution in [3.8, 4) is 0 Å². The van der Waals surface area contributed by atoms with E-state index in [1.165, 1.54) is 6.07 Å². The van der Waals surface area contributed by atoms with Crippen molar-refractivity contribution in [1.82, 2.24) is 0 Å². The van der Waals surface area contributed by atoms with Crippen LogP contribution in [-0.2, 0) is 21.1 Å². The van der Waals surface area contributed by atoms with E-state index < -0.39 is 21.0 Å². The molecule has 1 aromatic carbocycles. The molecule has 1 atom stereocenters. The highest BCUT2D eigenvalue weighted by Crippen LogP contribution is 2.33. The molecule has 0 fully saturated rings. The lowest BCUT2D eigenvalue weighted by molar-refractivity contribution is -0.115. The SMILES string of the molecule is CCc1cccc2c1NC(=O)C(CN)S2(=O)=O. The van der Waals surface area contributed by atoms with Crippen LogP contribution in [0.15, 0.2) is 23.1 Å². The average molecular weight is 254 g/mol. The summed E-state index contributed by atoms with van der Waals surface area (Å²) in [4.78, 5) is 11.9. The Labute approximate surface area is 99.9 Å². The first-order valence-corrected chi connectivity index (χ1v) is 6.93. The molecule has 0 saturated heterocycles. The molecule has 0 bridgehead atoms. The fourth-order valence-corrected chi connectivity index (χ4v) is 3.62. The number of hydrogen-bond donors (Lipinski definition) is 2. The summed E-state index contributed by atoms with van der Waals surface area (Å²) < 4.78 is 24.3. The van der Waals surface area contributed by atoms with Crippen LogP contribution in [0.25, 0.3) is 0 Å². The van der Waals surface area contributed by atoms with Gasteiger partial charge in [0.05, 0.1) is 10.6 Å². The number of fused-ring (bicyclic) bond motifs is 1.